The lowest BCUT2D eigenvalue weighted by molar-refractivity contribution is -0.114. The summed E-state index contributed by atoms with van der Waals surface area (Å²) in [5.74, 6) is -0.290. The van der Waals surface area contributed by atoms with Crippen LogP contribution in [0.15, 0.2) is 29.3 Å². The minimum absolute atomic E-state index is 0.0649. The number of piperazine rings is 1. The summed E-state index contributed by atoms with van der Waals surface area (Å²) >= 11 is 1.38. The Hall–Kier alpha value is -2.70. The highest BCUT2D eigenvalue weighted by molar-refractivity contribution is 7.89. The highest BCUT2D eigenvalue weighted by Gasteiger charge is 2.28. The smallest absolute Gasteiger partial charge is 0.410 e. The zero-order valence-electron chi connectivity index (χ0n) is 20.9. The number of nitrogens with one attached hydrogen (secondary N) is 2. The number of carbonyl (C=O) groups is 2. The van der Waals surface area contributed by atoms with Gasteiger partial charge in [0.25, 0.3) is 0 Å². The Labute approximate surface area is 210 Å². The number of carbonyl (C=O) groups excluding carboxylic acids is 2. The van der Waals surface area contributed by atoms with E-state index in [1.165, 1.54) is 24.3 Å². The molecule has 0 bridgehead atoms. The third kappa shape index (κ3) is 7.15. The highest BCUT2D eigenvalue weighted by Crippen LogP contribution is 2.37. The van der Waals surface area contributed by atoms with E-state index < -0.39 is 15.6 Å². The van der Waals surface area contributed by atoms with Gasteiger partial charge in [0.05, 0.1) is 15.9 Å². The second kappa shape index (κ2) is 10.5. The monoisotopic (exact) mass is 523 g/mol. The first kappa shape index (κ1) is 26.9. The van der Waals surface area contributed by atoms with Gasteiger partial charge in [-0.3, -0.25) is 4.79 Å². The van der Waals surface area contributed by atoms with Crippen LogP contribution < -0.4 is 14.9 Å². The summed E-state index contributed by atoms with van der Waals surface area (Å²) in [6, 6.07) is 4.81. The van der Waals surface area contributed by atoms with Crippen LogP contribution in [0.25, 0.3) is 10.4 Å². The lowest BCUT2D eigenvalue weighted by Gasteiger charge is -2.34. The Morgan fingerprint density at radius 1 is 1.14 bits per heavy atom. The van der Waals surface area contributed by atoms with Crippen LogP contribution in [-0.2, 0) is 19.6 Å². The second-order valence-electron chi connectivity index (χ2n) is 9.66. The average molecular weight is 524 g/mol. The maximum Gasteiger partial charge on any atom is 0.410 e. The van der Waals surface area contributed by atoms with Crippen molar-refractivity contribution >= 4 is 44.2 Å². The third-order valence-electron chi connectivity index (χ3n) is 4.94. The topological polar surface area (TPSA) is 121 Å². The molecule has 1 aromatic carbocycles. The average Bonchev–Trinajstić information content (AvgIpc) is 3.21. The molecule has 1 saturated heterocycles. The molecule has 1 aliphatic rings. The van der Waals surface area contributed by atoms with Crippen LogP contribution >= 0.6 is 11.3 Å². The zero-order chi connectivity index (χ0) is 26.0. The van der Waals surface area contributed by atoms with Gasteiger partial charge in [0.1, 0.15) is 0 Å². The molecule has 35 heavy (non-hydrogen) atoms. The van der Waals surface area contributed by atoms with Gasteiger partial charge in [0.2, 0.25) is 15.9 Å². The number of hydrogen-bond donors (Lipinski definition) is 2. The van der Waals surface area contributed by atoms with Gasteiger partial charge in [0.15, 0.2) is 5.13 Å². The Morgan fingerprint density at radius 2 is 1.80 bits per heavy atom. The predicted molar refractivity (Wildman–Crippen MR) is 137 cm³/mol. The highest BCUT2D eigenvalue weighted by atomic mass is 32.2. The molecular formula is C23H33N5O5S2. The fraction of sp³-hybridized carbons (Fsp3) is 0.522. The summed E-state index contributed by atoms with van der Waals surface area (Å²) in [6.07, 6.45) is 1.17. The van der Waals surface area contributed by atoms with E-state index in [2.05, 4.69) is 19.9 Å². The Bertz CT molecular complexity index is 1180. The van der Waals surface area contributed by atoms with Gasteiger partial charge in [0, 0.05) is 56.1 Å². The first-order chi connectivity index (χ1) is 16.2. The van der Waals surface area contributed by atoms with E-state index in [-0.39, 0.29) is 23.0 Å². The standard InChI is InChI=1S/C23H33N5O5S2/c1-15(2)33-22(30)28-11-9-27(10-12-28)21-24-14-19(34-21)18-8-7-17(25-16(3)29)13-20(18)35(31,32)26-23(4,5)6/h7-8,13-15,26H,9-12H2,1-6H3,(H,25,29). The number of rotatable bonds is 6. The molecule has 2 heterocycles. The number of benzene rings is 1. The van der Waals surface area contributed by atoms with E-state index in [4.69, 9.17) is 4.74 Å². The van der Waals surface area contributed by atoms with Crippen molar-refractivity contribution < 1.29 is 22.7 Å². The van der Waals surface area contributed by atoms with Crippen molar-refractivity contribution in [3.63, 3.8) is 0 Å². The van der Waals surface area contributed by atoms with Crippen molar-refractivity contribution in [3.05, 3.63) is 24.4 Å². The van der Waals surface area contributed by atoms with E-state index in [0.717, 1.165) is 5.13 Å². The molecule has 1 aromatic heterocycles. The number of sulfonamides is 1. The molecule has 2 amide bonds. The second-order valence-corrected chi connectivity index (χ2v) is 12.3. The first-order valence-electron chi connectivity index (χ1n) is 11.4. The summed E-state index contributed by atoms with van der Waals surface area (Å²) in [5, 5.41) is 3.39. The molecule has 0 radical (unpaired) electrons. The molecule has 1 fully saturated rings. The van der Waals surface area contributed by atoms with Crippen molar-refractivity contribution in [2.75, 3.05) is 36.4 Å². The van der Waals surface area contributed by atoms with E-state index in [1.807, 2.05) is 13.8 Å². The number of ether oxygens (including phenoxy) is 1. The van der Waals surface area contributed by atoms with Gasteiger partial charge >= 0.3 is 6.09 Å². The predicted octanol–water partition coefficient (Wildman–Crippen LogP) is 3.51. The molecule has 2 aromatic rings. The maximum atomic E-state index is 13.3. The molecule has 2 N–H and O–H groups in total. The Kier molecular flexibility index (Phi) is 8.07. The van der Waals surface area contributed by atoms with Crippen molar-refractivity contribution in [1.82, 2.24) is 14.6 Å². The first-order valence-corrected chi connectivity index (χ1v) is 13.7. The largest absolute Gasteiger partial charge is 0.447 e. The van der Waals surface area contributed by atoms with Crippen molar-refractivity contribution in [2.24, 2.45) is 0 Å². The van der Waals surface area contributed by atoms with Crippen molar-refractivity contribution in [1.29, 1.82) is 0 Å². The lowest BCUT2D eigenvalue weighted by atomic mass is 10.1. The van der Waals surface area contributed by atoms with Crippen LogP contribution in [-0.4, -0.2) is 68.1 Å². The summed E-state index contributed by atoms with van der Waals surface area (Å²) in [6.45, 7) is 12.5. The summed E-state index contributed by atoms with van der Waals surface area (Å²) in [7, 11) is -3.89. The number of hydrogen-bond acceptors (Lipinski definition) is 8. The van der Waals surface area contributed by atoms with Gasteiger partial charge in [-0.2, -0.15) is 0 Å². The number of thiazole rings is 1. The molecule has 0 spiro atoms. The molecule has 0 aliphatic carbocycles. The maximum absolute atomic E-state index is 13.3. The fourth-order valence-corrected chi connectivity index (χ4v) is 6.32. The van der Waals surface area contributed by atoms with Gasteiger partial charge < -0.3 is 19.9 Å². The Morgan fingerprint density at radius 3 is 2.37 bits per heavy atom. The lowest BCUT2D eigenvalue weighted by Crippen LogP contribution is -2.49. The number of aromatic nitrogens is 1. The van der Waals surface area contributed by atoms with E-state index in [0.29, 0.717) is 42.3 Å². The van der Waals surface area contributed by atoms with Crippen LogP contribution in [0.5, 0.6) is 0 Å². The molecule has 0 atom stereocenters. The molecule has 192 valence electrons. The molecule has 0 saturated carbocycles. The van der Waals surface area contributed by atoms with E-state index in [9.17, 15) is 18.0 Å². The van der Waals surface area contributed by atoms with Gasteiger partial charge in [-0.25, -0.2) is 22.9 Å². The minimum atomic E-state index is -3.89. The van der Waals surface area contributed by atoms with Crippen molar-refractivity contribution in [3.8, 4) is 10.4 Å². The molecule has 1 aliphatic heterocycles. The molecular weight excluding hydrogens is 490 g/mol. The summed E-state index contributed by atoms with van der Waals surface area (Å²) < 4.78 is 34.5. The summed E-state index contributed by atoms with van der Waals surface area (Å²) in [4.78, 5) is 32.7. The van der Waals surface area contributed by atoms with Crippen LogP contribution in [0, 0.1) is 0 Å². The number of anilines is 2. The van der Waals surface area contributed by atoms with Gasteiger partial charge in [-0.05, 0) is 46.8 Å². The Balaban J connectivity index is 1.86. The van der Waals surface area contributed by atoms with E-state index >= 15 is 0 Å². The summed E-state index contributed by atoms with van der Waals surface area (Å²) in [5.41, 5.74) is 0.207. The quantitative estimate of drug-likeness (QED) is 0.594. The van der Waals surface area contributed by atoms with Crippen molar-refractivity contribution in [2.45, 2.75) is 58.1 Å². The van der Waals surface area contributed by atoms with Crippen LogP contribution in [0.1, 0.15) is 41.5 Å². The molecule has 10 nitrogen and oxygen atoms in total. The molecule has 12 heteroatoms. The van der Waals surface area contributed by atoms with Gasteiger partial charge in [-0.1, -0.05) is 17.4 Å². The molecule has 0 unspecified atom stereocenters. The van der Waals surface area contributed by atoms with Gasteiger partial charge in [-0.15, -0.1) is 0 Å². The number of nitrogens with zero attached hydrogens (tertiary/aromatic N) is 3. The molecule has 3 rings (SSSR count). The minimum Gasteiger partial charge on any atom is -0.447 e. The number of amides is 2. The van der Waals surface area contributed by atoms with Crippen LogP contribution in [0.3, 0.4) is 0 Å². The normalized spacial score (nSPS) is 14.8. The third-order valence-corrected chi connectivity index (χ3v) is 7.83. The SMILES string of the molecule is CC(=O)Nc1ccc(-c2cnc(N3CCN(C(=O)OC(C)C)CC3)s2)c(S(=O)(=O)NC(C)(C)C)c1. The fourth-order valence-electron chi connectivity index (χ4n) is 3.58. The van der Waals surface area contributed by atoms with Crippen LogP contribution in [0.4, 0.5) is 15.6 Å². The van der Waals surface area contributed by atoms with Crippen LogP contribution in [0.2, 0.25) is 0 Å². The zero-order valence-corrected chi connectivity index (χ0v) is 22.5. The van der Waals surface area contributed by atoms with E-state index in [1.54, 1.807) is 44.0 Å².